The Kier molecular flexibility index (Phi) is 6.55. The lowest BCUT2D eigenvalue weighted by Crippen LogP contribution is -2.47. The van der Waals surface area contributed by atoms with Gasteiger partial charge in [0, 0.05) is 5.69 Å². The molecular weight excluding hydrogens is 469 g/mol. The Morgan fingerprint density at radius 2 is 1.52 bits per heavy atom. The molecule has 0 aliphatic carbocycles. The number of aliphatic hydroxyl groups is 1. The van der Waals surface area contributed by atoms with E-state index in [4.69, 9.17) is 40.1 Å². The fraction of sp³-hybridized carbons (Fsp3) is 0.235. The number of nitrogens with one attached hydrogen (secondary N) is 1. The number of rotatable bonds is 4. The highest BCUT2D eigenvalue weighted by Gasteiger charge is 2.55. The van der Waals surface area contributed by atoms with Crippen molar-refractivity contribution in [2.24, 2.45) is 0 Å². The summed E-state index contributed by atoms with van der Waals surface area (Å²) >= 11 is 17.2. The molecule has 0 unspecified atom stereocenters. The van der Waals surface area contributed by atoms with Gasteiger partial charge >= 0.3 is 12.4 Å². The molecule has 0 heterocycles. The molecule has 156 valence electrons. The van der Waals surface area contributed by atoms with Crippen LogP contribution < -0.4 is 5.32 Å². The number of nitrogens with zero attached hydrogens (tertiary/aromatic N) is 1. The molecule has 2 aromatic carbocycles. The predicted octanol–water partition coefficient (Wildman–Crippen LogP) is 6.40. The van der Waals surface area contributed by atoms with E-state index >= 15 is 0 Å². The number of hydrogen-bond donors (Lipinski definition) is 2. The van der Waals surface area contributed by atoms with Gasteiger partial charge in [-0.15, -0.1) is 0 Å². The molecule has 0 saturated heterocycles. The Hall–Kier alpha value is -1.86. The van der Waals surface area contributed by atoms with Gasteiger partial charge in [0.05, 0.1) is 38.8 Å². The number of benzene rings is 2. The Labute approximate surface area is 175 Å². The highest BCUT2D eigenvalue weighted by Crippen LogP contribution is 2.43. The van der Waals surface area contributed by atoms with E-state index in [2.05, 4.69) is 5.32 Å². The van der Waals surface area contributed by atoms with E-state index < -0.39 is 46.9 Å². The zero-order valence-corrected chi connectivity index (χ0v) is 16.2. The third kappa shape index (κ3) is 4.83. The van der Waals surface area contributed by atoms with Crippen molar-refractivity contribution in [2.45, 2.75) is 18.0 Å². The summed E-state index contributed by atoms with van der Waals surface area (Å²) in [4.78, 5) is 0. The van der Waals surface area contributed by atoms with Crippen LogP contribution in [0.2, 0.25) is 15.1 Å². The molecule has 1 atom stereocenters. The number of alkyl halides is 6. The van der Waals surface area contributed by atoms with Crippen molar-refractivity contribution in [1.29, 1.82) is 5.26 Å². The molecule has 2 N–H and O–H groups in total. The molecule has 0 bridgehead atoms. The lowest BCUT2D eigenvalue weighted by molar-refractivity contribution is -0.260. The predicted molar refractivity (Wildman–Crippen MR) is 96.1 cm³/mol. The summed E-state index contributed by atoms with van der Waals surface area (Å²) in [7, 11) is 0. The molecule has 2 rings (SSSR count). The molecule has 29 heavy (non-hydrogen) atoms. The largest absolute Gasteiger partial charge is 0.423 e. The average molecular weight is 478 g/mol. The molecule has 0 aromatic heterocycles. The van der Waals surface area contributed by atoms with E-state index in [1.54, 1.807) is 0 Å². The lowest BCUT2D eigenvalue weighted by atomic mass is 9.92. The van der Waals surface area contributed by atoms with Crippen LogP contribution in [0.1, 0.15) is 16.7 Å². The van der Waals surface area contributed by atoms with Crippen LogP contribution in [0.25, 0.3) is 0 Å². The third-order valence-electron chi connectivity index (χ3n) is 3.92. The standard InChI is InChI=1S/C17H9Cl3F6N2O/c18-12-3-9(4-13(19)14(12)20)15(29,17(24,25)26)7-28-10-2-1-8(6-27)11(5-10)16(21,22)23/h1-5,28-29H,7H2/t15-/m0/s1. The van der Waals surface area contributed by atoms with Gasteiger partial charge in [-0.1, -0.05) is 34.8 Å². The van der Waals surface area contributed by atoms with Gasteiger partial charge in [-0.2, -0.15) is 31.6 Å². The monoisotopic (exact) mass is 476 g/mol. The van der Waals surface area contributed by atoms with Gasteiger partial charge in [0.1, 0.15) is 0 Å². The first-order chi connectivity index (χ1) is 13.2. The SMILES string of the molecule is N#Cc1ccc(NC[C@](O)(c2cc(Cl)c(Cl)c(Cl)c2)C(F)(F)F)cc1C(F)(F)F. The van der Waals surface area contributed by atoms with Crippen LogP contribution in [0.4, 0.5) is 32.0 Å². The first kappa shape index (κ1) is 23.4. The Morgan fingerprint density at radius 3 is 1.97 bits per heavy atom. The van der Waals surface area contributed by atoms with Crippen molar-refractivity contribution in [3.63, 3.8) is 0 Å². The van der Waals surface area contributed by atoms with Crippen LogP contribution in [0.3, 0.4) is 0 Å². The Morgan fingerprint density at radius 1 is 0.966 bits per heavy atom. The summed E-state index contributed by atoms with van der Waals surface area (Å²) in [5.74, 6) is 0. The zero-order chi connectivity index (χ0) is 22.2. The minimum atomic E-state index is -5.25. The molecule has 3 nitrogen and oxygen atoms in total. The Bertz CT molecular complexity index is 948. The van der Waals surface area contributed by atoms with Crippen LogP contribution in [0, 0.1) is 11.3 Å². The zero-order valence-electron chi connectivity index (χ0n) is 13.9. The van der Waals surface area contributed by atoms with Crippen LogP contribution in [-0.2, 0) is 11.8 Å². The fourth-order valence-electron chi connectivity index (χ4n) is 2.38. The van der Waals surface area contributed by atoms with Gasteiger partial charge in [0.2, 0.25) is 5.60 Å². The molecule has 0 saturated carbocycles. The van der Waals surface area contributed by atoms with Crippen molar-refractivity contribution < 1.29 is 31.4 Å². The molecule has 0 aliphatic rings. The third-order valence-corrected chi connectivity index (χ3v) is 5.12. The van der Waals surface area contributed by atoms with E-state index in [0.29, 0.717) is 6.07 Å². The van der Waals surface area contributed by atoms with Gasteiger partial charge in [-0.25, -0.2) is 0 Å². The highest BCUT2D eigenvalue weighted by atomic mass is 35.5. The molecular formula is C17H9Cl3F6N2O. The van der Waals surface area contributed by atoms with Gasteiger partial charge in [0.25, 0.3) is 0 Å². The lowest BCUT2D eigenvalue weighted by Gasteiger charge is -2.32. The molecule has 0 amide bonds. The van der Waals surface area contributed by atoms with Gasteiger partial charge in [-0.3, -0.25) is 0 Å². The van der Waals surface area contributed by atoms with Gasteiger partial charge < -0.3 is 10.4 Å². The van der Waals surface area contributed by atoms with Crippen molar-refractivity contribution >= 4 is 40.5 Å². The summed E-state index contributed by atoms with van der Waals surface area (Å²) in [5.41, 5.74) is -6.76. The van der Waals surface area contributed by atoms with Gasteiger partial charge in [-0.05, 0) is 35.9 Å². The smallest absolute Gasteiger partial charge is 0.381 e. The van der Waals surface area contributed by atoms with E-state index in [0.717, 1.165) is 24.3 Å². The number of hydrogen-bond acceptors (Lipinski definition) is 3. The van der Waals surface area contributed by atoms with Gasteiger partial charge in [0.15, 0.2) is 0 Å². The summed E-state index contributed by atoms with van der Waals surface area (Å²) in [6.07, 6.45) is -10.2. The molecule has 0 fully saturated rings. The van der Waals surface area contributed by atoms with E-state index in [1.807, 2.05) is 0 Å². The minimum Gasteiger partial charge on any atom is -0.381 e. The molecule has 12 heteroatoms. The first-order valence-corrected chi connectivity index (χ1v) is 8.63. The highest BCUT2D eigenvalue weighted by molar-refractivity contribution is 6.48. The second-order valence-corrected chi connectivity index (χ2v) is 7.03. The van der Waals surface area contributed by atoms with Crippen LogP contribution in [0.5, 0.6) is 0 Å². The van der Waals surface area contributed by atoms with Crippen molar-refractivity contribution in [3.8, 4) is 6.07 Å². The topological polar surface area (TPSA) is 56.0 Å². The maximum absolute atomic E-state index is 13.6. The quantitative estimate of drug-likeness (QED) is 0.396. The second kappa shape index (κ2) is 8.11. The van der Waals surface area contributed by atoms with E-state index in [1.165, 1.54) is 6.07 Å². The average Bonchev–Trinajstić information content (AvgIpc) is 2.61. The van der Waals surface area contributed by atoms with Crippen molar-refractivity contribution in [2.75, 3.05) is 11.9 Å². The normalized spacial score (nSPS) is 14.2. The fourth-order valence-corrected chi connectivity index (χ4v) is 2.97. The summed E-state index contributed by atoms with van der Waals surface area (Å²) < 4.78 is 79.9. The Balaban J connectivity index is 2.45. The van der Waals surface area contributed by atoms with Crippen molar-refractivity contribution in [1.82, 2.24) is 0 Å². The number of halogens is 9. The van der Waals surface area contributed by atoms with Crippen LogP contribution in [0.15, 0.2) is 30.3 Å². The van der Waals surface area contributed by atoms with Crippen LogP contribution >= 0.6 is 34.8 Å². The first-order valence-electron chi connectivity index (χ1n) is 7.50. The van der Waals surface area contributed by atoms with Crippen LogP contribution in [-0.4, -0.2) is 17.8 Å². The molecule has 0 spiro atoms. The summed E-state index contributed by atoms with van der Waals surface area (Å²) in [5, 5.41) is 20.3. The molecule has 0 aliphatic heterocycles. The number of anilines is 1. The second-order valence-electron chi connectivity index (χ2n) is 5.84. The van der Waals surface area contributed by atoms with E-state index in [-0.39, 0.29) is 15.1 Å². The summed E-state index contributed by atoms with van der Waals surface area (Å²) in [6.45, 7) is -1.27. The minimum absolute atomic E-state index is 0.225. The maximum Gasteiger partial charge on any atom is 0.423 e. The molecule has 2 aromatic rings. The summed E-state index contributed by atoms with van der Waals surface area (Å²) in [6, 6.07) is 5.11. The maximum atomic E-state index is 13.6. The number of nitriles is 1. The van der Waals surface area contributed by atoms with E-state index in [9.17, 15) is 31.4 Å². The molecule has 0 radical (unpaired) electrons. The van der Waals surface area contributed by atoms with Crippen molar-refractivity contribution in [3.05, 3.63) is 62.1 Å².